The number of primary amides is 1. The first-order chi connectivity index (χ1) is 13.1. The zero-order valence-corrected chi connectivity index (χ0v) is 15.2. The van der Waals surface area contributed by atoms with Crippen molar-refractivity contribution in [3.05, 3.63) is 59.5 Å². The molecule has 3 atom stereocenters. The molecule has 4 heterocycles. The number of rotatable bonds is 3. The van der Waals surface area contributed by atoms with Gasteiger partial charge in [0, 0.05) is 23.9 Å². The van der Waals surface area contributed by atoms with E-state index >= 15 is 0 Å². The molecule has 3 aromatic heterocycles. The standard InChI is InChI=1S/C20H22N6O/c1-12-4-2-7-18(23-12)26-19(14-5-3-6-16(14)24-26)13-8-9-25-17(10-13)15(11-22-25)20(21)27/h2,4,7-11,14,16,19,24H,3,5-6H2,1H3,(H2,21,27). The summed E-state index contributed by atoms with van der Waals surface area (Å²) >= 11 is 0. The van der Waals surface area contributed by atoms with Gasteiger partial charge in [0.2, 0.25) is 0 Å². The van der Waals surface area contributed by atoms with Crippen LogP contribution in [-0.4, -0.2) is 26.5 Å². The Balaban J connectivity index is 1.62. The van der Waals surface area contributed by atoms with Gasteiger partial charge in [-0.15, -0.1) is 0 Å². The number of nitrogens with zero attached hydrogens (tertiary/aromatic N) is 4. The smallest absolute Gasteiger partial charge is 0.252 e. The van der Waals surface area contributed by atoms with E-state index in [0.29, 0.717) is 17.5 Å². The molecule has 5 rings (SSSR count). The topological polar surface area (TPSA) is 88.5 Å². The first-order valence-electron chi connectivity index (χ1n) is 9.38. The van der Waals surface area contributed by atoms with E-state index in [4.69, 9.17) is 10.7 Å². The molecule has 3 unspecified atom stereocenters. The lowest BCUT2D eigenvalue weighted by Crippen LogP contribution is -2.37. The van der Waals surface area contributed by atoms with Crippen molar-refractivity contribution in [1.29, 1.82) is 0 Å². The molecule has 0 spiro atoms. The van der Waals surface area contributed by atoms with Gasteiger partial charge in [0.05, 0.1) is 23.3 Å². The van der Waals surface area contributed by atoms with Crippen molar-refractivity contribution >= 4 is 17.2 Å². The molecule has 0 bridgehead atoms. The number of anilines is 1. The third-order valence-electron chi connectivity index (χ3n) is 5.83. The van der Waals surface area contributed by atoms with Crippen LogP contribution >= 0.6 is 0 Å². The Labute approximate surface area is 157 Å². The van der Waals surface area contributed by atoms with Gasteiger partial charge in [-0.05, 0) is 49.6 Å². The number of carbonyl (C=O) groups excluding carboxylic acids is 1. The summed E-state index contributed by atoms with van der Waals surface area (Å²) in [5.74, 6) is 0.982. The highest BCUT2D eigenvalue weighted by molar-refractivity contribution is 5.99. The molecule has 3 N–H and O–H groups in total. The average Bonchev–Trinajstić information content (AvgIpc) is 3.34. The molecule has 1 saturated carbocycles. The average molecular weight is 362 g/mol. The van der Waals surface area contributed by atoms with Gasteiger partial charge in [-0.1, -0.05) is 12.5 Å². The van der Waals surface area contributed by atoms with Crippen LogP contribution in [-0.2, 0) is 0 Å². The fourth-order valence-corrected chi connectivity index (χ4v) is 4.62. The maximum Gasteiger partial charge on any atom is 0.252 e. The van der Waals surface area contributed by atoms with Crippen LogP contribution in [0.5, 0.6) is 0 Å². The Bertz CT molecular complexity index is 1030. The number of fused-ring (bicyclic) bond motifs is 2. The normalized spacial score (nSPS) is 24.5. The van der Waals surface area contributed by atoms with Crippen molar-refractivity contribution in [2.24, 2.45) is 11.7 Å². The van der Waals surface area contributed by atoms with Crippen LogP contribution in [0.15, 0.2) is 42.7 Å². The predicted molar refractivity (Wildman–Crippen MR) is 102 cm³/mol. The zero-order valence-electron chi connectivity index (χ0n) is 15.2. The summed E-state index contributed by atoms with van der Waals surface area (Å²) in [4.78, 5) is 16.5. The molecule has 2 fully saturated rings. The number of aryl methyl sites for hydroxylation is 1. The number of carbonyl (C=O) groups is 1. The van der Waals surface area contributed by atoms with Crippen molar-refractivity contribution in [3.8, 4) is 0 Å². The van der Waals surface area contributed by atoms with Gasteiger partial charge in [0.1, 0.15) is 5.82 Å². The van der Waals surface area contributed by atoms with Crippen LogP contribution in [0.25, 0.3) is 5.52 Å². The quantitative estimate of drug-likeness (QED) is 0.747. The van der Waals surface area contributed by atoms with Gasteiger partial charge in [-0.25, -0.2) is 14.9 Å². The molecular formula is C20H22N6O. The highest BCUT2D eigenvalue weighted by Gasteiger charge is 2.45. The lowest BCUT2D eigenvalue weighted by molar-refractivity contribution is 0.100. The zero-order chi connectivity index (χ0) is 18.5. The van der Waals surface area contributed by atoms with E-state index in [2.05, 4.69) is 21.6 Å². The molecule has 3 aromatic rings. The van der Waals surface area contributed by atoms with E-state index in [0.717, 1.165) is 22.6 Å². The minimum Gasteiger partial charge on any atom is -0.365 e. The van der Waals surface area contributed by atoms with Crippen molar-refractivity contribution in [1.82, 2.24) is 20.0 Å². The molecule has 138 valence electrons. The number of nitrogens with two attached hydrogens (primary N) is 1. The highest BCUT2D eigenvalue weighted by atomic mass is 16.1. The summed E-state index contributed by atoms with van der Waals surface area (Å²) in [5, 5.41) is 6.44. The number of hydrogen-bond donors (Lipinski definition) is 2. The maximum atomic E-state index is 11.8. The first-order valence-corrected chi connectivity index (χ1v) is 9.38. The van der Waals surface area contributed by atoms with Crippen LogP contribution in [0.1, 0.15) is 46.9 Å². The van der Waals surface area contributed by atoms with Crippen molar-refractivity contribution in [2.75, 3.05) is 5.01 Å². The number of aromatic nitrogens is 3. The molecule has 7 nitrogen and oxygen atoms in total. The first kappa shape index (κ1) is 16.3. The minimum atomic E-state index is -0.456. The van der Waals surface area contributed by atoms with Crippen LogP contribution in [0.3, 0.4) is 0 Å². The van der Waals surface area contributed by atoms with Crippen molar-refractivity contribution in [2.45, 2.75) is 38.3 Å². The van der Waals surface area contributed by atoms with Crippen molar-refractivity contribution in [3.63, 3.8) is 0 Å². The second-order valence-corrected chi connectivity index (χ2v) is 7.49. The summed E-state index contributed by atoms with van der Waals surface area (Å²) in [7, 11) is 0. The van der Waals surface area contributed by atoms with Crippen LogP contribution < -0.4 is 16.2 Å². The Hall–Kier alpha value is -2.93. The van der Waals surface area contributed by atoms with Crippen LogP contribution in [0, 0.1) is 12.8 Å². The lowest BCUT2D eigenvalue weighted by Gasteiger charge is -2.28. The molecule has 27 heavy (non-hydrogen) atoms. The third kappa shape index (κ3) is 2.57. The molecule has 1 aliphatic heterocycles. The molecule has 7 heteroatoms. The predicted octanol–water partition coefficient (Wildman–Crippen LogP) is 2.37. The van der Waals surface area contributed by atoms with E-state index in [-0.39, 0.29) is 6.04 Å². The highest BCUT2D eigenvalue weighted by Crippen LogP contribution is 2.45. The van der Waals surface area contributed by atoms with Gasteiger partial charge in [-0.2, -0.15) is 5.10 Å². The Morgan fingerprint density at radius 2 is 2.19 bits per heavy atom. The third-order valence-corrected chi connectivity index (χ3v) is 5.83. The second kappa shape index (κ2) is 6.06. The van der Waals surface area contributed by atoms with Gasteiger partial charge in [-0.3, -0.25) is 9.80 Å². The summed E-state index contributed by atoms with van der Waals surface area (Å²) in [5.41, 5.74) is 12.5. The Kier molecular flexibility index (Phi) is 3.65. The fraction of sp³-hybridized carbons (Fsp3) is 0.350. The minimum absolute atomic E-state index is 0.160. The van der Waals surface area contributed by atoms with E-state index in [1.165, 1.54) is 25.5 Å². The van der Waals surface area contributed by atoms with Gasteiger partial charge in [0.25, 0.3) is 5.91 Å². The summed E-state index contributed by atoms with van der Waals surface area (Å²) < 4.78 is 1.70. The Morgan fingerprint density at radius 1 is 1.30 bits per heavy atom. The van der Waals surface area contributed by atoms with E-state index in [9.17, 15) is 4.79 Å². The van der Waals surface area contributed by atoms with Gasteiger partial charge < -0.3 is 5.73 Å². The van der Waals surface area contributed by atoms with E-state index in [1.54, 1.807) is 4.52 Å². The fourth-order valence-electron chi connectivity index (χ4n) is 4.62. The number of amides is 1. The number of hydrazine groups is 1. The number of hydrogen-bond acceptors (Lipinski definition) is 5. The van der Waals surface area contributed by atoms with Crippen molar-refractivity contribution < 1.29 is 4.79 Å². The second-order valence-electron chi connectivity index (χ2n) is 7.49. The monoisotopic (exact) mass is 362 g/mol. The van der Waals surface area contributed by atoms with Gasteiger partial charge in [0.15, 0.2) is 0 Å². The van der Waals surface area contributed by atoms with Gasteiger partial charge >= 0.3 is 0 Å². The maximum absolute atomic E-state index is 11.8. The SMILES string of the molecule is Cc1cccc(N2NC3CCCC3C2c2ccn3ncc(C(N)=O)c3c2)n1. The molecule has 1 amide bonds. The molecular weight excluding hydrogens is 340 g/mol. The number of pyridine rings is 2. The molecule has 2 aliphatic rings. The summed E-state index contributed by atoms with van der Waals surface area (Å²) in [6, 6.07) is 10.8. The molecule has 0 radical (unpaired) electrons. The molecule has 1 aliphatic carbocycles. The summed E-state index contributed by atoms with van der Waals surface area (Å²) in [6.45, 7) is 2.01. The summed E-state index contributed by atoms with van der Waals surface area (Å²) in [6.07, 6.45) is 7.02. The largest absolute Gasteiger partial charge is 0.365 e. The van der Waals surface area contributed by atoms with E-state index < -0.39 is 5.91 Å². The Morgan fingerprint density at radius 3 is 3.00 bits per heavy atom. The van der Waals surface area contributed by atoms with Crippen LogP contribution in [0.2, 0.25) is 0 Å². The van der Waals surface area contributed by atoms with E-state index in [1.807, 2.05) is 37.4 Å². The lowest BCUT2D eigenvalue weighted by atomic mass is 9.91. The molecule has 1 saturated heterocycles. The molecule has 0 aromatic carbocycles. The number of nitrogens with one attached hydrogen (secondary N) is 1. The van der Waals surface area contributed by atoms with Crippen LogP contribution in [0.4, 0.5) is 5.82 Å².